The van der Waals surface area contributed by atoms with Gasteiger partial charge < -0.3 is 23.5 Å². The number of ether oxygens (including phenoxy) is 4. The van der Waals surface area contributed by atoms with E-state index in [4.69, 9.17) is 18.9 Å². The maximum Gasteiger partial charge on any atom is 0.303 e. The molecule has 0 saturated carbocycles. The van der Waals surface area contributed by atoms with Gasteiger partial charge in [-0.15, -0.1) is 0 Å². The van der Waals surface area contributed by atoms with E-state index in [0.29, 0.717) is 23.7 Å². The van der Waals surface area contributed by atoms with Crippen molar-refractivity contribution in [3.8, 4) is 28.4 Å². The number of carbonyl (C=O) groups is 1. The lowest BCUT2D eigenvalue weighted by molar-refractivity contribution is -0.147. The van der Waals surface area contributed by atoms with E-state index in [2.05, 4.69) is 22.8 Å². The van der Waals surface area contributed by atoms with Gasteiger partial charge in [0.05, 0.1) is 21.3 Å². The van der Waals surface area contributed by atoms with Crippen molar-refractivity contribution in [2.24, 2.45) is 7.05 Å². The molecule has 29 heavy (non-hydrogen) atoms. The van der Waals surface area contributed by atoms with Gasteiger partial charge in [-0.25, -0.2) is 0 Å². The monoisotopic (exact) mass is 395 g/mol. The highest BCUT2D eigenvalue weighted by molar-refractivity contribution is 5.91. The molecule has 1 aliphatic rings. The van der Waals surface area contributed by atoms with Crippen molar-refractivity contribution in [1.82, 2.24) is 4.57 Å². The van der Waals surface area contributed by atoms with Crippen LogP contribution >= 0.6 is 0 Å². The van der Waals surface area contributed by atoms with Crippen LogP contribution in [0.25, 0.3) is 22.0 Å². The van der Waals surface area contributed by atoms with Crippen LogP contribution < -0.4 is 14.2 Å². The van der Waals surface area contributed by atoms with Crippen molar-refractivity contribution in [1.29, 1.82) is 0 Å². The molecule has 0 fully saturated rings. The van der Waals surface area contributed by atoms with Crippen LogP contribution in [-0.2, 0) is 23.0 Å². The normalized spacial score (nSPS) is 15.3. The van der Waals surface area contributed by atoms with Gasteiger partial charge in [0.2, 0.25) is 5.75 Å². The highest BCUT2D eigenvalue weighted by atomic mass is 16.5. The van der Waals surface area contributed by atoms with Crippen LogP contribution in [0.15, 0.2) is 30.5 Å². The maximum absolute atomic E-state index is 11.8. The highest BCUT2D eigenvalue weighted by Gasteiger charge is 2.30. The van der Waals surface area contributed by atoms with E-state index in [1.165, 1.54) is 6.92 Å². The van der Waals surface area contributed by atoms with Gasteiger partial charge in [0.1, 0.15) is 6.10 Å². The molecule has 1 aromatic heterocycles. The third-order valence-corrected chi connectivity index (χ3v) is 5.57. The Morgan fingerprint density at radius 2 is 1.83 bits per heavy atom. The minimum Gasteiger partial charge on any atom is -0.493 e. The average Bonchev–Trinajstić information content (AvgIpc) is 3.00. The standard InChI is InChI=1S/C23H25NO5/c1-13(25)29-19-7-6-15-11-20(26-3)22(27-4)23(28-5)21(15)17-12-18-14(10-16(17)19)8-9-24(18)2/h8-12,19H,6-7H2,1-5H3. The summed E-state index contributed by atoms with van der Waals surface area (Å²) in [7, 11) is 6.87. The van der Waals surface area contributed by atoms with Gasteiger partial charge in [-0.05, 0) is 48.2 Å². The number of rotatable bonds is 4. The zero-order chi connectivity index (χ0) is 20.7. The molecule has 0 bridgehead atoms. The number of hydrogen-bond acceptors (Lipinski definition) is 5. The smallest absolute Gasteiger partial charge is 0.303 e. The van der Waals surface area contributed by atoms with Crippen LogP contribution in [0.2, 0.25) is 0 Å². The van der Waals surface area contributed by atoms with E-state index in [1.54, 1.807) is 21.3 Å². The van der Waals surface area contributed by atoms with E-state index >= 15 is 0 Å². The summed E-state index contributed by atoms with van der Waals surface area (Å²) >= 11 is 0. The van der Waals surface area contributed by atoms with Gasteiger partial charge >= 0.3 is 5.97 Å². The summed E-state index contributed by atoms with van der Waals surface area (Å²) in [6.45, 7) is 1.45. The van der Waals surface area contributed by atoms with Crippen molar-refractivity contribution < 1.29 is 23.7 Å². The molecule has 152 valence electrons. The second-order valence-electron chi connectivity index (χ2n) is 7.24. The van der Waals surface area contributed by atoms with Crippen LogP contribution in [0, 0.1) is 0 Å². The second-order valence-corrected chi connectivity index (χ2v) is 7.24. The Labute approximate surface area is 169 Å². The number of aryl methyl sites for hydroxylation is 2. The first-order chi connectivity index (χ1) is 14.0. The molecule has 1 heterocycles. The van der Waals surface area contributed by atoms with Gasteiger partial charge in [-0.1, -0.05) is 0 Å². The fourth-order valence-electron chi connectivity index (χ4n) is 4.28. The number of fused-ring (bicyclic) bond motifs is 4. The molecule has 2 aromatic carbocycles. The molecular formula is C23H25NO5. The number of carbonyl (C=O) groups excluding carboxylic acids is 1. The third kappa shape index (κ3) is 3.09. The zero-order valence-corrected chi connectivity index (χ0v) is 17.4. The van der Waals surface area contributed by atoms with Crippen LogP contribution in [0.1, 0.15) is 30.6 Å². The zero-order valence-electron chi connectivity index (χ0n) is 17.4. The molecule has 0 amide bonds. The molecule has 0 aliphatic heterocycles. The van der Waals surface area contributed by atoms with Crippen LogP contribution in [0.4, 0.5) is 0 Å². The molecule has 6 nitrogen and oxygen atoms in total. The van der Waals surface area contributed by atoms with Gasteiger partial charge in [0, 0.05) is 42.2 Å². The first-order valence-corrected chi connectivity index (χ1v) is 9.56. The molecule has 1 unspecified atom stereocenters. The van der Waals surface area contributed by atoms with Crippen molar-refractivity contribution >= 4 is 16.9 Å². The Hall–Kier alpha value is -3.15. The summed E-state index contributed by atoms with van der Waals surface area (Å²) in [5.74, 6) is 1.51. The summed E-state index contributed by atoms with van der Waals surface area (Å²) < 4.78 is 24.8. The van der Waals surface area contributed by atoms with Crippen LogP contribution in [0.3, 0.4) is 0 Å². The number of hydrogen-bond donors (Lipinski definition) is 0. The minimum absolute atomic E-state index is 0.290. The lowest BCUT2D eigenvalue weighted by Crippen LogP contribution is -2.09. The predicted molar refractivity (Wildman–Crippen MR) is 111 cm³/mol. The van der Waals surface area contributed by atoms with Gasteiger partial charge in [-0.3, -0.25) is 4.79 Å². The summed E-state index contributed by atoms with van der Waals surface area (Å²) in [5, 5.41) is 1.10. The lowest BCUT2D eigenvalue weighted by Gasteiger charge is -2.21. The van der Waals surface area contributed by atoms with Crippen molar-refractivity contribution in [3.05, 3.63) is 41.6 Å². The Morgan fingerprint density at radius 1 is 1.07 bits per heavy atom. The molecular weight excluding hydrogens is 370 g/mol. The SMILES string of the molecule is COc1cc2c(c(OC)c1OC)-c1cc3c(ccn3C)cc1C(OC(C)=O)CC2. The van der Waals surface area contributed by atoms with E-state index in [0.717, 1.165) is 39.6 Å². The van der Waals surface area contributed by atoms with Crippen LogP contribution in [0.5, 0.6) is 17.2 Å². The molecule has 4 rings (SSSR count). The van der Waals surface area contributed by atoms with Crippen LogP contribution in [-0.4, -0.2) is 31.9 Å². The summed E-state index contributed by atoms with van der Waals surface area (Å²) in [6, 6.07) is 8.31. The fourth-order valence-corrected chi connectivity index (χ4v) is 4.28. The molecule has 1 atom stereocenters. The van der Waals surface area contributed by atoms with E-state index < -0.39 is 0 Å². The lowest BCUT2D eigenvalue weighted by atomic mass is 9.93. The fraction of sp³-hybridized carbons (Fsp3) is 0.348. The van der Waals surface area contributed by atoms with E-state index in [-0.39, 0.29) is 12.1 Å². The first kappa shape index (κ1) is 19.2. The van der Waals surface area contributed by atoms with E-state index in [9.17, 15) is 4.79 Å². The Kier molecular flexibility index (Phi) is 4.86. The van der Waals surface area contributed by atoms with Gasteiger partial charge in [-0.2, -0.15) is 0 Å². The molecule has 0 radical (unpaired) electrons. The number of benzene rings is 2. The van der Waals surface area contributed by atoms with Crippen molar-refractivity contribution in [2.75, 3.05) is 21.3 Å². The maximum atomic E-state index is 11.8. The van der Waals surface area contributed by atoms with Crippen molar-refractivity contribution in [3.63, 3.8) is 0 Å². The van der Waals surface area contributed by atoms with E-state index in [1.807, 2.05) is 19.3 Å². The molecule has 0 spiro atoms. The molecule has 1 aliphatic carbocycles. The number of methoxy groups -OCH3 is 3. The summed E-state index contributed by atoms with van der Waals surface area (Å²) in [5.41, 5.74) is 5.08. The first-order valence-electron chi connectivity index (χ1n) is 9.56. The highest BCUT2D eigenvalue weighted by Crippen LogP contribution is 2.51. The third-order valence-electron chi connectivity index (χ3n) is 5.57. The summed E-state index contributed by atoms with van der Waals surface area (Å²) in [4.78, 5) is 11.8. The Bertz CT molecular complexity index is 1100. The second kappa shape index (κ2) is 7.35. The molecule has 0 N–H and O–H groups in total. The molecule has 6 heteroatoms. The largest absolute Gasteiger partial charge is 0.493 e. The topological polar surface area (TPSA) is 58.9 Å². The molecule has 3 aromatic rings. The summed E-state index contributed by atoms with van der Waals surface area (Å²) in [6.07, 6.45) is 3.09. The number of esters is 1. The van der Waals surface area contributed by atoms with Crippen molar-refractivity contribution in [2.45, 2.75) is 25.9 Å². The van der Waals surface area contributed by atoms with Gasteiger partial charge in [0.25, 0.3) is 0 Å². The predicted octanol–water partition coefficient (Wildman–Crippen LogP) is 4.42. The minimum atomic E-state index is -0.332. The molecule has 0 saturated heterocycles. The Balaban J connectivity index is 2.08. The van der Waals surface area contributed by atoms with Gasteiger partial charge in [0.15, 0.2) is 11.5 Å². The number of aromatic nitrogens is 1. The average molecular weight is 395 g/mol. The number of nitrogens with zero attached hydrogens (tertiary/aromatic N) is 1. The Morgan fingerprint density at radius 3 is 2.48 bits per heavy atom. The quantitative estimate of drug-likeness (QED) is 0.612.